The molecule has 0 saturated carbocycles. The summed E-state index contributed by atoms with van der Waals surface area (Å²) in [5.74, 6) is -0.154. The maximum Gasteiger partial charge on any atom is 0.308 e. The third-order valence-electron chi connectivity index (χ3n) is 4.78. The van der Waals surface area contributed by atoms with Gasteiger partial charge in [0.05, 0.1) is 26.2 Å². The van der Waals surface area contributed by atoms with Crippen LogP contribution in [0.5, 0.6) is 5.75 Å². The summed E-state index contributed by atoms with van der Waals surface area (Å²) in [5, 5.41) is 2.86. The van der Waals surface area contributed by atoms with Crippen molar-refractivity contribution in [2.75, 3.05) is 13.7 Å². The summed E-state index contributed by atoms with van der Waals surface area (Å²) >= 11 is 0. The van der Waals surface area contributed by atoms with Crippen LogP contribution >= 0.6 is 0 Å². The van der Waals surface area contributed by atoms with E-state index in [9.17, 15) is 14.4 Å². The molecule has 160 valence electrons. The lowest BCUT2D eigenvalue weighted by atomic mass is 9.99. The largest absolute Gasteiger partial charge is 0.497 e. The highest BCUT2D eigenvalue weighted by atomic mass is 16.5. The number of carbonyl (C=O) groups excluding carboxylic acids is 3. The molecule has 0 aliphatic rings. The van der Waals surface area contributed by atoms with E-state index in [2.05, 4.69) is 5.32 Å². The molecular weight excluding hydrogens is 382 g/mol. The number of amides is 1. The number of carbonyl (C=O) groups is 3. The number of hydrogen-bond donors (Lipinski definition) is 1. The van der Waals surface area contributed by atoms with E-state index in [1.165, 1.54) is 0 Å². The van der Waals surface area contributed by atoms with E-state index in [0.29, 0.717) is 11.3 Å². The monoisotopic (exact) mass is 411 g/mol. The van der Waals surface area contributed by atoms with Crippen LogP contribution in [0.15, 0.2) is 42.5 Å². The lowest BCUT2D eigenvalue weighted by Crippen LogP contribution is -2.31. The SMILES string of the molecule is CCOC(=O)CC(NC(=O)CCC(=O)c1cc(C)ccc1C)c1cccc(OC)c1. The summed E-state index contributed by atoms with van der Waals surface area (Å²) in [6.07, 6.45) is 0.132. The van der Waals surface area contributed by atoms with Crippen molar-refractivity contribution < 1.29 is 23.9 Å². The lowest BCUT2D eigenvalue weighted by Gasteiger charge is -2.19. The van der Waals surface area contributed by atoms with Crippen LogP contribution in [0.1, 0.15) is 59.3 Å². The zero-order chi connectivity index (χ0) is 22.1. The number of esters is 1. The molecule has 1 unspecified atom stereocenters. The standard InChI is InChI=1S/C24H29NO5/c1-5-30-24(28)15-21(18-7-6-8-19(14-18)29-4)25-23(27)12-11-22(26)20-13-16(2)9-10-17(20)3/h6-10,13-14,21H,5,11-12,15H2,1-4H3,(H,25,27). The van der Waals surface area contributed by atoms with E-state index in [0.717, 1.165) is 16.7 Å². The molecule has 2 aromatic carbocycles. The molecule has 0 radical (unpaired) electrons. The number of benzene rings is 2. The summed E-state index contributed by atoms with van der Waals surface area (Å²) in [6, 6.07) is 12.3. The average Bonchev–Trinajstić information content (AvgIpc) is 2.73. The van der Waals surface area contributed by atoms with Crippen molar-refractivity contribution in [1.82, 2.24) is 5.32 Å². The Bertz CT molecular complexity index is 906. The Balaban J connectivity index is 2.06. The predicted octanol–water partition coefficient (Wildman–Crippen LogP) is 4.09. The number of aryl methyl sites for hydroxylation is 2. The highest BCUT2D eigenvalue weighted by Crippen LogP contribution is 2.23. The van der Waals surface area contributed by atoms with Crippen LogP contribution in [0.3, 0.4) is 0 Å². The van der Waals surface area contributed by atoms with Crippen LogP contribution in [0.4, 0.5) is 0 Å². The molecular formula is C24H29NO5. The minimum absolute atomic E-state index is 0.00230. The number of Topliss-reactive ketones (excluding diaryl/α,β-unsaturated/α-hetero) is 1. The molecule has 1 amide bonds. The van der Waals surface area contributed by atoms with Crippen molar-refractivity contribution >= 4 is 17.7 Å². The van der Waals surface area contributed by atoms with Crippen molar-refractivity contribution in [3.63, 3.8) is 0 Å². The van der Waals surface area contributed by atoms with Gasteiger partial charge in [-0.2, -0.15) is 0 Å². The molecule has 0 aromatic heterocycles. The van der Waals surface area contributed by atoms with Gasteiger partial charge in [-0.25, -0.2) is 0 Å². The van der Waals surface area contributed by atoms with Crippen molar-refractivity contribution in [1.29, 1.82) is 0 Å². The smallest absolute Gasteiger partial charge is 0.308 e. The number of nitrogens with one attached hydrogen (secondary N) is 1. The van der Waals surface area contributed by atoms with Crippen molar-refractivity contribution in [3.05, 3.63) is 64.7 Å². The first kappa shape index (κ1) is 23.1. The summed E-state index contributed by atoms with van der Waals surface area (Å²) < 4.78 is 10.3. The van der Waals surface area contributed by atoms with Gasteiger partial charge in [0.15, 0.2) is 5.78 Å². The third-order valence-corrected chi connectivity index (χ3v) is 4.78. The molecule has 6 heteroatoms. The van der Waals surface area contributed by atoms with Crippen molar-refractivity contribution in [3.8, 4) is 5.75 Å². The third kappa shape index (κ3) is 6.72. The van der Waals surface area contributed by atoms with Crippen LogP contribution in [0, 0.1) is 13.8 Å². The van der Waals surface area contributed by atoms with Gasteiger partial charge < -0.3 is 14.8 Å². The lowest BCUT2D eigenvalue weighted by molar-refractivity contribution is -0.143. The molecule has 2 rings (SSSR count). The summed E-state index contributed by atoms with van der Waals surface area (Å²) in [7, 11) is 1.55. The second-order valence-corrected chi connectivity index (χ2v) is 7.15. The maximum absolute atomic E-state index is 12.6. The molecule has 30 heavy (non-hydrogen) atoms. The highest BCUT2D eigenvalue weighted by molar-refractivity contribution is 5.99. The van der Waals surface area contributed by atoms with Gasteiger partial charge in [0.2, 0.25) is 5.91 Å². The Labute approximate surface area is 177 Å². The molecule has 0 fully saturated rings. The molecule has 0 aliphatic heterocycles. The normalized spacial score (nSPS) is 11.5. The first-order valence-electron chi connectivity index (χ1n) is 10.0. The summed E-state index contributed by atoms with van der Waals surface area (Å²) in [6.45, 7) is 5.81. The second kappa shape index (κ2) is 11.1. The van der Waals surface area contributed by atoms with Crippen molar-refractivity contribution in [2.45, 2.75) is 46.1 Å². The van der Waals surface area contributed by atoms with Gasteiger partial charge in [-0.3, -0.25) is 14.4 Å². The fourth-order valence-electron chi connectivity index (χ4n) is 3.16. The van der Waals surface area contributed by atoms with Gasteiger partial charge in [-0.05, 0) is 50.1 Å². The number of ketones is 1. The summed E-state index contributed by atoms with van der Waals surface area (Å²) in [5.41, 5.74) is 3.26. The van der Waals surface area contributed by atoms with Gasteiger partial charge in [0.1, 0.15) is 5.75 Å². The van der Waals surface area contributed by atoms with Gasteiger partial charge in [-0.15, -0.1) is 0 Å². The molecule has 1 atom stereocenters. The topological polar surface area (TPSA) is 81.7 Å². The molecule has 6 nitrogen and oxygen atoms in total. The molecule has 0 saturated heterocycles. The number of hydrogen-bond acceptors (Lipinski definition) is 5. The average molecular weight is 411 g/mol. The minimum Gasteiger partial charge on any atom is -0.497 e. The Kier molecular flexibility index (Phi) is 8.59. The zero-order valence-electron chi connectivity index (χ0n) is 18.0. The molecule has 2 aromatic rings. The molecule has 1 N–H and O–H groups in total. The quantitative estimate of drug-likeness (QED) is 0.470. The second-order valence-electron chi connectivity index (χ2n) is 7.15. The Hall–Kier alpha value is -3.15. The maximum atomic E-state index is 12.6. The molecule has 0 spiro atoms. The van der Waals surface area contributed by atoms with E-state index in [-0.39, 0.29) is 37.6 Å². The van der Waals surface area contributed by atoms with Crippen LogP contribution in [0.25, 0.3) is 0 Å². The first-order chi connectivity index (χ1) is 14.3. The number of methoxy groups -OCH3 is 1. The fourth-order valence-corrected chi connectivity index (χ4v) is 3.16. The molecule has 0 aliphatic carbocycles. The van der Waals surface area contributed by atoms with E-state index < -0.39 is 12.0 Å². The fraction of sp³-hybridized carbons (Fsp3) is 0.375. The van der Waals surface area contributed by atoms with E-state index in [1.54, 1.807) is 32.2 Å². The van der Waals surface area contributed by atoms with Crippen LogP contribution in [-0.4, -0.2) is 31.4 Å². The minimum atomic E-state index is -0.567. The van der Waals surface area contributed by atoms with Gasteiger partial charge >= 0.3 is 5.97 Å². The van der Waals surface area contributed by atoms with Crippen molar-refractivity contribution in [2.24, 2.45) is 0 Å². The molecule has 0 bridgehead atoms. The van der Waals surface area contributed by atoms with E-state index in [4.69, 9.17) is 9.47 Å². The zero-order valence-corrected chi connectivity index (χ0v) is 18.0. The Morgan fingerprint density at radius 3 is 2.50 bits per heavy atom. The first-order valence-corrected chi connectivity index (χ1v) is 10.0. The Morgan fingerprint density at radius 2 is 1.80 bits per heavy atom. The summed E-state index contributed by atoms with van der Waals surface area (Å²) in [4.78, 5) is 37.1. The van der Waals surface area contributed by atoms with Gasteiger partial charge in [0.25, 0.3) is 0 Å². The molecule has 0 heterocycles. The highest BCUT2D eigenvalue weighted by Gasteiger charge is 2.21. The van der Waals surface area contributed by atoms with Gasteiger partial charge in [-0.1, -0.05) is 29.8 Å². The number of ether oxygens (including phenoxy) is 2. The van der Waals surface area contributed by atoms with Gasteiger partial charge in [0, 0.05) is 18.4 Å². The van der Waals surface area contributed by atoms with Crippen LogP contribution in [0.2, 0.25) is 0 Å². The van der Waals surface area contributed by atoms with Crippen LogP contribution < -0.4 is 10.1 Å². The van der Waals surface area contributed by atoms with E-state index >= 15 is 0 Å². The predicted molar refractivity (Wildman–Crippen MR) is 115 cm³/mol. The number of rotatable bonds is 10. The van der Waals surface area contributed by atoms with Crippen LogP contribution in [-0.2, 0) is 14.3 Å². The Morgan fingerprint density at radius 1 is 1.03 bits per heavy atom. The van der Waals surface area contributed by atoms with E-state index in [1.807, 2.05) is 38.1 Å².